The predicted molar refractivity (Wildman–Crippen MR) is 128 cm³/mol. The molecule has 1 aliphatic carbocycles. The fourth-order valence-corrected chi connectivity index (χ4v) is 5.37. The summed E-state index contributed by atoms with van der Waals surface area (Å²) >= 11 is 1.15. The summed E-state index contributed by atoms with van der Waals surface area (Å²) in [6, 6.07) is 15.6. The van der Waals surface area contributed by atoms with E-state index in [0.29, 0.717) is 28.7 Å². The van der Waals surface area contributed by atoms with Gasteiger partial charge in [0.1, 0.15) is 22.5 Å². The summed E-state index contributed by atoms with van der Waals surface area (Å²) in [6.07, 6.45) is 6.34. The minimum absolute atomic E-state index is 0.0467. The van der Waals surface area contributed by atoms with Crippen LogP contribution in [0.2, 0.25) is 0 Å². The minimum Gasteiger partial charge on any atom is -0.485 e. The van der Waals surface area contributed by atoms with Gasteiger partial charge in [-0.1, -0.05) is 54.5 Å². The second-order valence-corrected chi connectivity index (χ2v) is 9.72. The van der Waals surface area contributed by atoms with E-state index in [4.69, 9.17) is 9.47 Å². The van der Waals surface area contributed by atoms with E-state index in [1.165, 1.54) is 11.8 Å². The van der Waals surface area contributed by atoms with Crippen molar-refractivity contribution in [2.24, 2.45) is 5.92 Å². The molecule has 0 saturated heterocycles. The molecule has 1 unspecified atom stereocenters. The topological polar surface area (TPSA) is 97.8 Å². The zero-order valence-electron chi connectivity index (χ0n) is 18.6. The number of hydrogen-bond donors (Lipinski definition) is 2. The van der Waals surface area contributed by atoms with E-state index in [2.05, 4.69) is 22.4 Å². The highest BCUT2D eigenvalue weighted by Gasteiger charge is 2.32. The van der Waals surface area contributed by atoms with Gasteiger partial charge in [0.25, 0.3) is 11.1 Å². The lowest BCUT2D eigenvalue weighted by atomic mass is 9.84. The Morgan fingerprint density at radius 3 is 2.74 bits per heavy atom. The lowest BCUT2D eigenvalue weighted by Gasteiger charge is -2.28. The average Bonchev–Trinajstić information content (AvgIpc) is 3.33. The lowest BCUT2D eigenvalue weighted by Crippen LogP contribution is -2.44. The molecule has 1 aliphatic heterocycles. The number of aryl methyl sites for hydroxylation is 1. The Hall–Kier alpha value is -3.39. The first-order chi connectivity index (χ1) is 16.6. The first kappa shape index (κ1) is 22.4. The lowest BCUT2D eigenvalue weighted by molar-refractivity contribution is -0.143. The standard InChI is InChI=1S/C26H26N2O5S/c29-24(28-20-9-5-4-8-19(20)25(30)31)23-15-27-26(34-23)32-18-11-13-22-17(14-18)10-12-21(33-22)16-6-2-1-3-7-16/h1-3,6-7,11,13-15,19-21H,4-5,8-10,12H2,(H,28,29)(H,30,31)/t19-,20+,21?/m1/s1. The zero-order valence-corrected chi connectivity index (χ0v) is 19.4. The molecular formula is C26H26N2O5S. The van der Waals surface area contributed by atoms with Crippen LogP contribution in [0, 0.1) is 5.92 Å². The maximum atomic E-state index is 12.7. The van der Waals surface area contributed by atoms with Crippen molar-refractivity contribution in [3.63, 3.8) is 0 Å². The third-order valence-corrected chi connectivity index (χ3v) is 7.34. The van der Waals surface area contributed by atoms with Crippen molar-refractivity contribution in [1.29, 1.82) is 0 Å². The quantitative estimate of drug-likeness (QED) is 0.494. The van der Waals surface area contributed by atoms with Crippen molar-refractivity contribution >= 4 is 23.2 Å². The second kappa shape index (κ2) is 9.85. The molecule has 1 fully saturated rings. The molecule has 3 atom stereocenters. The number of nitrogens with zero attached hydrogens (tertiary/aromatic N) is 1. The Labute approximate surface area is 201 Å². The molecule has 2 heterocycles. The summed E-state index contributed by atoms with van der Waals surface area (Å²) in [6.45, 7) is 0. The number of aromatic nitrogens is 1. The predicted octanol–water partition coefficient (Wildman–Crippen LogP) is 5.37. The smallest absolute Gasteiger partial charge is 0.308 e. The molecule has 2 aromatic carbocycles. The van der Waals surface area contributed by atoms with E-state index < -0.39 is 11.9 Å². The van der Waals surface area contributed by atoms with Gasteiger partial charge in [-0.05, 0) is 55.0 Å². The zero-order chi connectivity index (χ0) is 23.5. The van der Waals surface area contributed by atoms with Crippen molar-refractivity contribution < 1.29 is 24.2 Å². The normalized spacial score (nSPS) is 21.7. The number of carbonyl (C=O) groups excluding carboxylic acids is 1. The van der Waals surface area contributed by atoms with Crippen LogP contribution in [0.1, 0.15) is 59.0 Å². The first-order valence-electron chi connectivity index (χ1n) is 11.6. The monoisotopic (exact) mass is 478 g/mol. The molecule has 3 aromatic rings. The van der Waals surface area contributed by atoms with E-state index in [1.807, 2.05) is 36.4 Å². The summed E-state index contributed by atoms with van der Waals surface area (Å²) in [4.78, 5) is 28.8. The van der Waals surface area contributed by atoms with Crippen LogP contribution in [0.5, 0.6) is 16.7 Å². The number of carboxylic acids is 1. The molecule has 0 spiro atoms. The van der Waals surface area contributed by atoms with E-state index in [9.17, 15) is 14.7 Å². The van der Waals surface area contributed by atoms with Crippen molar-refractivity contribution in [1.82, 2.24) is 10.3 Å². The molecule has 5 rings (SSSR count). The first-order valence-corrected chi connectivity index (χ1v) is 12.4. The molecule has 1 saturated carbocycles. The molecule has 1 aromatic heterocycles. The highest BCUT2D eigenvalue weighted by Crippen LogP contribution is 2.38. The van der Waals surface area contributed by atoms with Gasteiger partial charge in [-0.3, -0.25) is 9.59 Å². The summed E-state index contributed by atoms with van der Waals surface area (Å²) in [5.74, 6) is -0.214. The maximum Gasteiger partial charge on any atom is 0.308 e. The van der Waals surface area contributed by atoms with E-state index >= 15 is 0 Å². The highest BCUT2D eigenvalue weighted by atomic mass is 32.1. The summed E-state index contributed by atoms with van der Waals surface area (Å²) in [5.41, 5.74) is 2.25. The molecule has 8 heteroatoms. The molecule has 2 aliphatic rings. The van der Waals surface area contributed by atoms with Gasteiger partial charge in [0, 0.05) is 6.04 Å². The highest BCUT2D eigenvalue weighted by molar-refractivity contribution is 7.15. The number of benzene rings is 2. The van der Waals surface area contributed by atoms with Crippen LogP contribution >= 0.6 is 11.3 Å². The van der Waals surface area contributed by atoms with Crippen LogP contribution in [0.15, 0.2) is 54.7 Å². The fourth-order valence-electron chi connectivity index (χ4n) is 4.68. The SMILES string of the molecule is O=C(N[C@H]1CCCC[C@H]1C(=O)O)c1cnc(Oc2ccc3c(c2)CCC(c2ccccc2)O3)s1. The number of nitrogens with one attached hydrogen (secondary N) is 1. The molecule has 176 valence electrons. The van der Waals surface area contributed by atoms with Crippen molar-refractivity contribution in [2.45, 2.75) is 50.7 Å². The number of amides is 1. The van der Waals surface area contributed by atoms with Crippen LogP contribution in [-0.2, 0) is 11.2 Å². The Balaban J connectivity index is 1.22. The molecule has 0 bridgehead atoms. The van der Waals surface area contributed by atoms with E-state index in [1.54, 1.807) is 0 Å². The number of thiazole rings is 1. The molecule has 1 amide bonds. The molecule has 34 heavy (non-hydrogen) atoms. The van der Waals surface area contributed by atoms with Gasteiger partial charge in [-0.15, -0.1) is 0 Å². The number of carboxylic acid groups (broad SMARTS) is 1. The van der Waals surface area contributed by atoms with Gasteiger partial charge < -0.3 is 19.9 Å². The Bertz CT molecular complexity index is 1180. The molecule has 7 nitrogen and oxygen atoms in total. The van der Waals surface area contributed by atoms with Crippen molar-refractivity contribution in [3.05, 3.63) is 70.7 Å². The van der Waals surface area contributed by atoms with Gasteiger partial charge in [0.05, 0.1) is 12.1 Å². The fraction of sp³-hybridized carbons (Fsp3) is 0.346. The number of aliphatic carboxylic acids is 1. The number of carbonyl (C=O) groups is 2. The van der Waals surface area contributed by atoms with Crippen LogP contribution in [-0.4, -0.2) is 28.0 Å². The van der Waals surface area contributed by atoms with E-state index in [0.717, 1.165) is 48.3 Å². The number of hydrogen-bond acceptors (Lipinski definition) is 6. The third kappa shape index (κ3) is 4.92. The van der Waals surface area contributed by atoms with Crippen LogP contribution in [0.4, 0.5) is 0 Å². The second-order valence-electron chi connectivity index (χ2n) is 8.73. The molecular weight excluding hydrogens is 452 g/mol. The van der Waals surface area contributed by atoms with Crippen LogP contribution in [0.3, 0.4) is 0 Å². The third-order valence-electron chi connectivity index (χ3n) is 6.46. The Morgan fingerprint density at radius 1 is 1.09 bits per heavy atom. The van der Waals surface area contributed by atoms with Gasteiger partial charge in [0.2, 0.25) is 0 Å². The Kier molecular flexibility index (Phi) is 6.49. The van der Waals surface area contributed by atoms with Gasteiger partial charge in [-0.25, -0.2) is 4.98 Å². The van der Waals surface area contributed by atoms with Gasteiger partial charge in [-0.2, -0.15) is 0 Å². The largest absolute Gasteiger partial charge is 0.485 e. The average molecular weight is 479 g/mol. The van der Waals surface area contributed by atoms with Crippen molar-refractivity contribution in [2.75, 3.05) is 0 Å². The van der Waals surface area contributed by atoms with E-state index in [-0.39, 0.29) is 18.1 Å². The number of ether oxygens (including phenoxy) is 2. The number of fused-ring (bicyclic) bond motifs is 1. The van der Waals surface area contributed by atoms with Crippen LogP contribution in [0.25, 0.3) is 0 Å². The maximum absolute atomic E-state index is 12.7. The minimum atomic E-state index is -0.857. The molecule has 2 N–H and O–H groups in total. The number of rotatable bonds is 6. The summed E-state index contributed by atoms with van der Waals surface area (Å²) < 4.78 is 12.1. The Morgan fingerprint density at radius 2 is 1.91 bits per heavy atom. The summed E-state index contributed by atoms with van der Waals surface area (Å²) in [7, 11) is 0. The molecule has 0 radical (unpaired) electrons. The van der Waals surface area contributed by atoms with Gasteiger partial charge in [0.15, 0.2) is 0 Å². The van der Waals surface area contributed by atoms with Crippen LogP contribution < -0.4 is 14.8 Å². The summed E-state index contributed by atoms with van der Waals surface area (Å²) in [5, 5.41) is 12.7. The van der Waals surface area contributed by atoms with Crippen molar-refractivity contribution in [3.8, 4) is 16.7 Å². The van der Waals surface area contributed by atoms with Gasteiger partial charge >= 0.3 is 5.97 Å².